The van der Waals surface area contributed by atoms with Crippen LogP contribution in [0.1, 0.15) is 26.8 Å². The average molecular weight is 404 g/mol. The lowest BCUT2D eigenvalue weighted by Gasteiger charge is -1.99. The van der Waals surface area contributed by atoms with E-state index < -0.39 is 17.3 Å². The number of aryl methyl sites for hydroxylation is 1. The smallest absolute Gasteiger partial charge is 0.181 e. The molecule has 3 aromatic rings. The highest BCUT2D eigenvalue weighted by atomic mass is 35.5. The van der Waals surface area contributed by atoms with Gasteiger partial charge in [0.25, 0.3) is 0 Å². The van der Waals surface area contributed by atoms with E-state index in [2.05, 4.69) is 17.1 Å². The third-order valence-corrected chi connectivity index (χ3v) is 6.60. The van der Waals surface area contributed by atoms with E-state index in [-0.39, 0.29) is 5.78 Å². The quantitative estimate of drug-likeness (QED) is 0.546. The molecule has 6 heteroatoms. The molecule has 0 N–H and O–H groups in total. The van der Waals surface area contributed by atoms with E-state index in [1.807, 2.05) is 30.3 Å². The highest BCUT2D eigenvalue weighted by Gasteiger charge is 2.71. The first-order chi connectivity index (χ1) is 13.5. The first kappa shape index (κ1) is 18.4. The van der Waals surface area contributed by atoms with Crippen molar-refractivity contribution in [3.8, 4) is 22.7 Å². The van der Waals surface area contributed by atoms with Crippen LogP contribution < -0.4 is 0 Å². The summed E-state index contributed by atoms with van der Waals surface area (Å²) in [4.78, 5) is 18.3. The Balaban J connectivity index is 1.71. The molecule has 2 aromatic carbocycles. The average Bonchev–Trinajstić information content (AvgIpc) is 3.25. The van der Waals surface area contributed by atoms with Crippen molar-refractivity contribution < 1.29 is 4.79 Å². The van der Waals surface area contributed by atoms with E-state index in [9.17, 15) is 15.3 Å². The van der Waals surface area contributed by atoms with E-state index in [1.165, 1.54) is 11.3 Å². The summed E-state index contributed by atoms with van der Waals surface area (Å²) in [5.74, 6) is -1.36. The molecule has 2 atom stereocenters. The number of benzene rings is 2. The number of nitriles is 2. The van der Waals surface area contributed by atoms with Gasteiger partial charge < -0.3 is 0 Å². The minimum Gasteiger partial charge on any atom is -0.293 e. The molecule has 28 heavy (non-hydrogen) atoms. The normalized spacial score (nSPS) is 19.4. The van der Waals surface area contributed by atoms with Gasteiger partial charge in [0.15, 0.2) is 11.2 Å². The minimum atomic E-state index is -1.35. The predicted molar refractivity (Wildman–Crippen MR) is 108 cm³/mol. The first-order valence-electron chi connectivity index (χ1n) is 8.67. The molecule has 1 heterocycles. The molecule has 1 aliphatic carbocycles. The summed E-state index contributed by atoms with van der Waals surface area (Å²) >= 11 is 7.26. The van der Waals surface area contributed by atoms with Crippen LogP contribution in [0.15, 0.2) is 54.6 Å². The third kappa shape index (κ3) is 2.81. The molecule has 1 fully saturated rings. The van der Waals surface area contributed by atoms with Crippen molar-refractivity contribution in [2.75, 3.05) is 0 Å². The monoisotopic (exact) mass is 403 g/mol. The Morgan fingerprint density at radius 3 is 2.36 bits per heavy atom. The van der Waals surface area contributed by atoms with Gasteiger partial charge in [0.1, 0.15) is 5.01 Å². The van der Waals surface area contributed by atoms with Crippen molar-refractivity contribution in [3.63, 3.8) is 0 Å². The highest BCUT2D eigenvalue weighted by molar-refractivity contribution is 7.17. The summed E-state index contributed by atoms with van der Waals surface area (Å²) in [7, 11) is 0. The van der Waals surface area contributed by atoms with Crippen molar-refractivity contribution >= 4 is 28.7 Å². The molecule has 0 bridgehead atoms. The lowest BCUT2D eigenvalue weighted by atomic mass is 10.0. The van der Waals surface area contributed by atoms with Gasteiger partial charge in [-0.1, -0.05) is 54.1 Å². The SMILES string of the molecule is Cc1nc(-c2ccccc2)sc1C(=O)[C@@H]1[C@@H](c2ccc(Cl)cc2)C1(C#N)C#N. The Bertz CT molecular complexity index is 1130. The number of thiazole rings is 1. The molecular formula is C22H14ClN3OS. The number of hydrogen-bond acceptors (Lipinski definition) is 5. The first-order valence-corrected chi connectivity index (χ1v) is 9.86. The van der Waals surface area contributed by atoms with Crippen LogP contribution >= 0.6 is 22.9 Å². The van der Waals surface area contributed by atoms with E-state index in [0.717, 1.165) is 16.1 Å². The van der Waals surface area contributed by atoms with Crippen molar-refractivity contribution in [2.45, 2.75) is 12.8 Å². The van der Waals surface area contributed by atoms with Gasteiger partial charge in [-0.2, -0.15) is 10.5 Å². The van der Waals surface area contributed by atoms with Crippen LogP contribution in [0.5, 0.6) is 0 Å². The molecule has 1 aliphatic rings. The lowest BCUT2D eigenvalue weighted by Crippen LogP contribution is -2.08. The number of aromatic nitrogens is 1. The van der Waals surface area contributed by atoms with Crippen LogP contribution in [0.25, 0.3) is 10.6 Å². The van der Waals surface area contributed by atoms with Crippen molar-refractivity contribution in [2.24, 2.45) is 11.3 Å². The largest absolute Gasteiger partial charge is 0.293 e. The van der Waals surface area contributed by atoms with Crippen molar-refractivity contribution in [3.05, 3.63) is 75.8 Å². The van der Waals surface area contributed by atoms with Crippen LogP contribution in [0.2, 0.25) is 5.02 Å². The number of carbonyl (C=O) groups is 1. The summed E-state index contributed by atoms with van der Waals surface area (Å²) < 4.78 is 0. The zero-order chi connectivity index (χ0) is 19.9. The number of rotatable bonds is 4. The lowest BCUT2D eigenvalue weighted by molar-refractivity contribution is 0.0961. The zero-order valence-electron chi connectivity index (χ0n) is 14.9. The summed E-state index contributed by atoms with van der Waals surface area (Å²) in [6.45, 7) is 1.79. The Morgan fingerprint density at radius 1 is 1.11 bits per heavy atom. The van der Waals surface area contributed by atoms with Gasteiger partial charge >= 0.3 is 0 Å². The van der Waals surface area contributed by atoms with E-state index >= 15 is 0 Å². The summed E-state index contributed by atoms with van der Waals surface area (Å²) in [6, 6.07) is 20.8. The summed E-state index contributed by atoms with van der Waals surface area (Å²) in [6.07, 6.45) is 0. The maximum absolute atomic E-state index is 13.3. The number of hydrogen-bond donors (Lipinski definition) is 0. The molecule has 4 nitrogen and oxygen atoms in total. The molecule has 0 aliphatic heterocycles. The van der Waals surface area contributed by atoms with E-state index in [0.29, 0.717) is 15.6 Å². The van der Waals surface area contributed by atoms with Gasteiger partial charge in [-0.3, -0.25) is 4.79 Å². The second-order valence-electron chi connectivity index (χ2n) is 6.76. The molecular weight excluding hydrogens is 390 g/mol. The Hall–Kier alpha value is -2.99. The van der Waals surface area contributed by atoms with Crippen LogP contribution in [0, 0.1) is 40.9 Å². The maximum Gasteiger partial charge on any atom is 0.181 e. The molecule has 1 aromatic heterocycles. The van der Waals surface area contributed by atoms with Gasteiger partial charge in [0, 0.05) is 16.5 Å². The van der Waals surface area contributed by atoms with Gasteiger partial charge in [-0.25, -0.2) is 4.98 Å². The molecule has 0 unspecified atom stereocenters. The van der Waals surface area contributed by atoms with Gasteiger partial charge in [-0.15, -0.1) is 11.3 Å². The van der Waals surface area contributed by atoms with Crippen molar-refractivity contribution in [1.82, 2.24) is 4.98 Å². The Labute approximate surface area is 171 Å². The second-order valence-corrected chi connectivity index (χ2v) is 8.20. The summed E-state index contributed by atoms with van der Waals surface area (Å²) in [5, 5.41) is 20.7. The molecule has 4 rings (SSSR count). The molecule has 0 amide bonds. The van der Waals surface area contributed by atoms with E-state index in [4.69, 9.17) is 11.6 Å². The summed E-state index contributed by atoms with van der Waals surface area (Å²) in [5.41, 5.74) is 0.983. The fourth-order valence-electron chi connectivity index (χ4n) is 3.65. The number of ketones is 1. The van der Waals surface area contributed by atoms with Gasteiger partial charge in [0.05, 0.1) is 28.6 Å². The van der Waals surface area contributed by atoms with Gasteiger partial charge in [0.2, 0.25) is 0 Å². The van der Waals surface area contributed by atoms with Crippen molar-refractivity contribution in [1.29, 1.82) is 10.5 Å². The number of nitrogens with zero attached hydrogens (tertiary/aromatic N) is 3. The number of carbonyl (C=O) groups excluding carboxylic acids is 1. The minimum absolute atomic E-state index is 0.194. The standard InChI is InChI=1S/C22H14ClN3OS/c1-13-20(28-21(26-13)15-5-3-2-4-6-15)19(27)18-17(22(18,11-24)12-25)14-7-9-16(23)10-8-14/h2-10,17-18H,1H3/t17-,18+/m1/s1. The van der Waals surface area contributed by atoms with Crippen LogP contribution in [0.3, 0.4) is 0 Å². The fraction of sp³-hybridized carbons (Fsp3) is 0.182. The third-order valence-electron chi connectivity index (χ3n) is 5.13. The molecule has 136 valence electrons. The number of halogens is 1. The molecule has 0 radical (unpaired) electrons. The highest BCUT2D eigenvalue weighted by Crippen LogP contribution is 2.65. The number of Topliss-reactive ketones (excluding diaryl/α,β-unsaturated/α-hetero) is 1. The molecule has 1 saturated carbocycles. The topological polar surface area (TPSA) is 77.5 Å². The molecule has 0 spiro atoms. The molecule has 0 saturated heterocycles. The zero-order valence-corrected chi connectivity index (χ0v) is 16.5. The van der Waals surface area contributed by atoms with Crippen LogP contribution in [-0.4, -0.2) is 10.8 Å². The Morgan fingerprint density at radius 2 is 1.75 bits per heavy atom. The van der Waals surface area contributed by atoms with Crippen LogP contribution in [-0.2, 0) is 0 Å². The Kier molecular flexibility index (Phi) is 4.51. The predicted octanol–water partition coefficient (Wildman–Crippen LogP) is 5.40. The van der Waals surface area contributed by atoms with Gasteiger partial charge in [-0.05, 0) is 24.6 Å². The fourth-order valence-corrected chi connectivity index (χ4v) is 4.82. The van der Waals surface area contributed by atoms with Crippen LogP contribution in [0.4, 0.5) is 0 Å². The maximum atomic E-state index is 13.3. The van der Waals surface area contributed by atoms with E-state index in [1.54, 1.807) is 31.2 Å². The second kappa shape index (κ2) is 6.87.